The minimum Gasteiger partial charge on any atom is -0.485 e. The van der Waals surface area contributed by atoms with Gasteiger partial charge in [-0.15, -0.1) is 0 Å². The molecule has 21 heavy (non-hydrogen) atoms. The molecular weight excluding hydrogens is 265 g/mol. The molecule has 0 saturated heterocycles. The zero-order chi connectivity index (χ0) is 15.2. The number of halogens is 1. The summed E-state index contributed by atoms with van der Waals surface area (Å²) in [5.74, 6) is 0.523. The Morgan fingerprint density at radius 3 is 2.43 bits per heavy atom. The average Bonchev–Trinajstić information content (AvgIpc) is 2.47. The van der Waals surface area contributed by atoms with Crippen LogP contribution in [0.1, 0.15) is 36.5 Å². The van der Waals surface area contributed by atoms with E-state index >= 15 is 0 Å². The summed E-state index contributed by atoms with van der Waals surface area (Å²) in [6.07, 6.45) is 0. The Balaban J connectivity index is 2.09. The molecule has 0 unspecified atom stereocenters. The highest BCUT2D eigenvalue weighted by atomic mass is 19.1. The summed E-state index contributed by atoms with van der Waals surface area (Å²) in [6, 6.07) is 13.3. The first-order chi connectivity index (χ1) is 10.1. The number of hydrogen-bond acceptors (Lipinski definition) is 2. The molecule has 0 spiro atoms. The highest BCUT2D eigenvalue weighted by Gasteiger charge is 2.09. The van der Waals surface area contributed by atoms with Crippen LogP contribution in [-0.2, 0) is 13.2 Å². The Kier molecular flexibility index (Phi) is 5.34. The monoisotopic (exact) mass is 287 g/mol. The fraction of sp³-hybridized carbons (Fsp3) is 0.333. The molecule has 2 rings (SSSR count). The third-order valence-electron chi connectivity index (χ3n) is 3.45. The maximum absolute atomic E-state index is 13.9. The van der Waals surface area contributed by atoms with Crippen LogP contribution in [0.4, 0.5) is 4.39 Å². The molecule has 3 heteroatoms. The number of ether oxygens (including phenoxy) is 1. The zero-order valence-electron chi connectivity index (χ0n) is 12.8. The predicted molar refractivity (Wildman–Crippen MR) is 84.0 cm³/mol. The van der Waals surface area contributed by atoms with E-state index in [-0.39, 0.29) is 5.82 Å². The molecule has 2 aromatic carbocycles. The second kappa shape index (κ2) is 7.23. The molecule has 0 aliphatic heterocycles. The fourth-order valence-electron chi connectivity index (χ4n) is 2.20. The van der Waals surface area contributed by atoms with Gasteiger partial charge >= 0.3 is 0 Å². The van der Waals surface area contributed by atoms with Gasteiger partial charge in [0.05, 0.1) is 0 Å². The molecule has 0 saturated carbocycles. The smallest absolute Gasteiger partial charge is 0.165 e. The molecule has 0 aromatic heterocycles. The SMILES string of the molecule is CNCc1cccc(F)c1OCc1ccc(C(C)C)cc1. The molecule has 0 fully saturated rings. The first-order valence-corrected chi connectivity index (χ1v) is 7.25. The Morgan fingerprint density at radius 2 is 1.81 bits per heavy atom. The zero-order valence-corrected chi connectivity index (χ0v) is 12.8. The molecule has 0 radical (unpaired) electrons. The van der Waals surface area contributed by atoms with E-state index < -0.39 is 0 Å². The third kappa shape index (κ3) is 4.05. The highest BCUT2D eigenvalue weighted by Crippen LogP contribution is 2.24. The van der Waals surface area contributed by atoms with Gasteiger partial charge in [-0.3, -0.25) is 0 Å². The Labute approximate surface area is 126 Å². The molecule has 0 amide bonds. The molecule has 0 bridgehead atoms. The van der Waals surface area contributed by atoms with Gasteiger partial charge in [0.25, 0.3) is 0 Å². The van der Waals surface area contributed by atoms with E-state index in [1.54, 1.807) is 6.07 Å². The van der Waals surface area contributed by atoms with Gasteiger partial charge in [-0.25, -0.2) is 4.39 Å². The molecular formula is C18H22FNO. The van der Waals surface area contributed by atoms with Gasteiger partial charge in [0, 0.05) is 12.1 Å². The first kappa shape index (κ1) is 15.5. The molecule has 2 aromatic rings. The van der Waals surface area contributed by atoms with Crippen LogP contribution in [0.25, 0.3) is 0 Å². The van der Waals surface area contributed by atoms with Crippen LogP contribution in [0, 0.1) is 5.82 Å². The molecule has 0 aliphatic carbocycles. The molecule has 0 heterocycles. The largest absolute Gasteiger partial charge is 0.485 e. The molecule has 0 aliphatic rings. The van der Waals surface area contributed by atoms with Gasteiger partial charge in [-0.05, 0) is 30.2 Å². The van der Waals surface area contributed by atoms with E-state index in [1.807, 2.05) is 25.2 Å². The summed E-state index contributed by atoms with van der Waals surface area (Å²) >= 11 is 0. The number of para-hydroxylation sites is 1. The molecule has 112 valence electrons. The van der Waals surface area contributed by atoms with Crippen molar-refractivity contribution in [3.63, 3.8) is 0 Å². The van der Waals surface area contributed by atoms with Gasteiger partial charge in [-0.1, -0.05) is 50.2 Å². The molecule has 1 N–H and O–H groups in total. The molecule has 2 nitrogen and oxygen atoms in total. The standard InChI is InChI=1S/C18H22FNO/c1-13(2)15-9-7-14(8-10-15)12-21-18-16(11-20-3)5-4-6-17(18)19/h4-10,13,20H,11-12H2,1-3H3. The second-order valence-electron chi connectivity index (χ2n) is 5.44. The van der Waals surface area contributed by atoms with Crippen LogP contribution in [0.2, 0.25) is 0 Å². The van der Waals surface area contributed by atoms with Crippen LogP contribution >= 0.6 is 0 Å². The van der Waals surface area contributed by atoms with Crippen molar-refractivity contribution in [3.8, 4) is 5.75 Å². The van der Waals surface area contributed by atoms with E-state index in [1.165, 1.54) is 11.6 Å². The van der Waals surface area contributed by atoms with Gasteiger partial charge in [0.1, 0.15) is 6.61 Å². The van der Waals surface area contributed by atoms with E-state index in [9.17, 15) is 4.39 Å². The lowest BCUT2D eigenvalue weighted by molar-refractivity contribution is 0.286. The number of nitrogens with one attached hydrogen (secondary N) is 1. The maximum atomic E-state index is 13.9. The summed E-state index contributed by atoms with van der Waals surface area (Å²) < 4.78 is 19.6. The van der Waals surface area contributed by atoms with Gasteiger partial charge in [0.15, 0.2) is 11.6 Å². The summed E-state index contributed by atoms with van der Waals surface area (Å²) in [5, 5.41) is 3.02. The van der Waals surface area contributed by atoms with Gasteiger partial charge in [-0.2, -0.15) is 0 Å². The second-order valence-corrected chi connectivity index (χ2v) is 5.44. The number of rotatable bonds is 6. The summed E-state index contributed by atoms with van der Waals surface area (Å²) in [5.41, 5.74) is 3.16. The Bertz CT molecular complexity index is 578. The van der Waals surface area contributed by atoms with Crippen molar-refractivity contribution >= 4 is 0 Å². The Morgan fingerprint density at radius 1 is 1.10 bits per heavy atom. The van der Waals surface area contributed by atoms with Gasteiger partial charge in [0.2, 0.25) is 0 Å². The van der Waals surface area contributed by atoms with Crippen molar-refractivity contribution in [3.05, 3.63) is 65.0 Å². The van der Waals surface area contributed by atoms with E-state index in [2.05, 4.69) is 31.3 Å². The van der Waals surface area contributed by atoms with Crippen LogP contribution < -0.4 is 10.1 Å². The summed E-state index contributed by atoms with van der Waals surface area (Å²) in [7, 11) is 1.83. The minimum absolute atomic E-state index is 0.318. The van der Waals surface area contributed by atoms with Crippen LogP contribution in [0.15, 0.2) is 42.5 Å². The van der Waals surface area contributed by atoms with Crippen LogP contribution in [-0.4, -0.2) is 7.05 Å². The number of benzene rings is 2. The normalized spacial score (nSPS) is 10.9. The van der Waals surface area contributed by atoms with Crippen LogP contribution in [0.3, 0.4) is 0 Å². The lowest BCUT2D eigenvalue weighted by Gasteiger charge is -2.13. The number of hydrogen-bond donors (Lipinski definition) is 1. The lowest BCUT2D eigenvalue weighted by Crippen LogP contribution is -2.08. The van der Waals surface area contributed by atoms with Crippen molar-refractivity contribution in [1.82, 2.24) is 5.32 Å². The van der Waals surface area contributed by atoms with E-state index in [0.29, 0.717) is 24.8 Å². The first-order valence-electron chi connectivity index (χ1n) is 7.25. The van der Waals surface area contributed by atoms with E-state index in [0.717, 1.165) is 11.1 Å². The highest BCUT2D eigenvalue weighted by molar-refractivity contribution is 5.35. The fourth-order valence-corrected chi connectivity index (χ4v) is 2.20. The van der Waals surface area contributed by atoms with Crippen molar-refractivity contribution in [1.29, 1.82) is 0 Å². The van der Waals surface area contributed by atoms with Crippen molar-refractivity contribution in [2.75, 3.05) is 7.05 Å². The lowest BCUT2D eigenvalue weighted by atomic mass is 10.0. The van der Waals surface area contributed by atoms with Crippen molar-refractivity contribution in [2.45, 2.75) is 32.9 Å². The summed E-state index contributed by atoms with van der Waals surface area (Å²) in [4.78, 5) is 0. The van der Waals surface area contributed by atoms with Gasteiger partial charge < -0.3 is 10.1 Å². The van der Waals surface area contributed by atoms with Crippen molar-refractivity contribution < 1.29 is 9.13 Å². The topological polar surface area (TPSA) is 21.3 Å². The predicted octanol–water partition coefficient (Wildman–Crippen LogP) is 4.25. The Hall–Kier alpha value is -1.87. The summed E-state index contributed by atoms with van der Waals surface area (Å²) in [6.45, 7) is 5.28. The maximum Gasteiger partial charge on any atom is 0.165 e. The minimum atomic E-state index is -0.318. The third-order valence-corrected chi connectivity index (χ3v) is 3.45. The van der Waals surface area contributed by atoms with E-state index in [4.69, 9.17) is 4.74 Å². The quantitative estimate of drug-likeness (QED) is 0.857. The average molecular weight is 287 g/mol. The molecule has 0 atom stereocenters. The van der Waals surface area contributed by atoms with Crippen molar-refractivity contribution in [2.24, 2.45) is 0 Å². The van der Waals surface area contributed by atoms with Crippen LogP contribution in [0.5, 0.6) is 5.75 Å².